The number of β-amino-alcohol motifs (C(OH)–C–C–N with tert-alkyl or cyclic N) is 1. The average molecular weight is 302 g/mol. The Morgan fingerprint density at radius 2 is 2.00 bits per heavy atom. The van der Waals surface area contributed by atoms with Gasteiger partial charge in [0.15, 0.2) is 0 Å². The first-order valence-electron chi connectivity index (χ1n) is 8.24. The van der Waals surface area contributed by atoms with E-state index in [4.69, 9.17) is 5.73 Å². The Morgan fingerprint density at radius 3 is 2.55 bits per heavy atom. The summed E-state index contributed by atoms with van der Waals surface area (Å²) in [6, 6.07) is 8.12. The highest BCUT2D eigenvalue weighted by Crippen LogP contribution is 2.40. The molecule has 2 aliphatic rings. The Morgan fingerprint density at radius 1 is 1.36 bits per heavy atom. The summed E-state index contributed by atoms with van der Waals surface area (Å²) < 4.78 is 0. The Bertz CT molecular complexity index is 560. The van der Waals surface area contributed by atoms with Crippen molar-refractivity contribution in [1.82, 2.24) is 4.90 Å². The minimum Gasteiger partial charge on any atom is -0.392 e. The fourth-order valence-electron chi connectivity index (χ4n) is 3.64. The first-order chi connectivity index (χ1) is 10.4. The Labute approximate surface area is 132 Å². The lowest BCUT2D eigenvalue weighted by atomic mass is 9.70. The first-order valence-corrected chi connectivity index (χ1v) is 8.24. The molecule has 1 heterocycles. The molecule has 3 rings (SSSR count). The van der Waals surface area contributed by atoms with Gasteiger partial charge in [0.1, 0.15) is 0 Å². The molecule has 120 valence electrons. The van der Waals surface area contributed by atoms with Crippen molar-refractivity contribution in [3.8, 4) is 0 Å². The third-order valence-electron chi connectivity index (χ3n) is 5.17. The molecule has 1 aliphatic heterocycles. The summed E-state index contributed by atoms with van der Waals surface area (Å²) in [5.41, 5.74) is 7.44. The summed E-state index contributed by atoms with van der Waals surface area (Å²) in [5, 5.41) is 10.1. The predicted octanol–water partition coefficient (Wildman–Crippen LogP) is 1.62. The van der Waals surface area contributed by atoms with Crippen LogP contribution in [0.2, 0.25) is 0 Å². The molecule has 1 aromatic carbocycles. The highest BCUT2D eigenvalue weighted by atomic mass is 16.3. The third-order valence-corrected chi connectivity index (χ3v) is 5.17. The topological polar surface area (TPSA) is 66.6 Å². The lowest BCUT2D eigenvalue weighted by Crippen LogP contribution is -2.66. The number of aliphatic hydroxyl groups is 1. The molecule has 4 heteroatoms. The van der Waals surface area contributed by atoms with Crippen LogP contribution in [-0.2, 0) is 10.2 Å². The molecule has 0 bridgehead atoms. The molecule has 1 aromatic rings. The number of hydrogen-bond acceptors (Lipinski definition) is 3. The quantitative estimate of drug-likeness (QED) is 0.839. The van der Waals surface area contributed by atoms with Crippen molar-refractivity contribution in [2.24, 2.45) is 11.7 Å². The number of nitrogens with zero attached hydrogens (tertiary/aromatic N) is 1. The smallest absolute Gasteiger partial charge is 0.230 e. The number of carbonyl (C=O) groups is 1. The fourth-order valence-corrected chi connectivity index (χ4v) is 3.64. The van der Waals surface area contributed by atoms with Crippen LogP contribution in [0.15, 0.2) is 24.3 Å². The molecule has 1 unspecified atom stereocenters. The van der Waals surface area contributed by atoms with Gasteiger partial charge in [-0.1, -0.05) is 38.1 Å². The minimum absolute atomic E-state index is 0.252. The van der Waals surface area contributed by atoms with Crippen LogP contribution >= 0.6 is 0 Å². The van der Waals surface area contributed by atoms with Gasteiger partial charge in [0, 0.05) is 19.6 Å². The number of primary amides is 1. The predicted molar refractivity (Wildman–Crippen MR) is 86.6 cm³/mol. The molecule has 1 aliphatic carbocycles. The summed E-state index contributed by atoms with van der Waals surface area (Å²) in [6.45, 7) is 6.18. The molecule has 2 fully saturated rings. The molecule has 1 saturated carbocycles. The van der Waals surface area contributed by atoms with E-state index in [1.807, 2.05) is 18.2 Å². The maximum atomic E-state index is 12.2. The van der Waals surface area contributed by atoms with Crippen LogP contribution in [-0.4, -0.2) is 41.7 Å². The van der Waals surface area contributed by atoms with Crippen molar-refractivity contribution in [3.63, 3.8) is 0 Å². The summed E-state index contributed by atoms with van der Waals surface area (Å²) in [6.07, 6.45) is 2.00. The molecule has 1 saturated heterocycles. The van der Waals surface area contributed by atoms with Gasteiger partial charge in [-0.15, -0.1) is 0 Å². The van der Waals surface area contributed by atoms with E-state index in [2.05, 4.69) is 24.8 Å². The van der Waals surface area contributed by atoms with Crippen molar-refractivity contribution >= 4 is 5.91 Å². The van der Waals surface area contributed by atoms with Gasteiger partial charge in [-0.25, -0.2) is 0 Å². The van der Waals surface area contributed by atoms with E-state index < -0.39 is 5.41 Å². The molecule has 0 spiro atoms. The molecule has 3 N–H and O–H groups in total. The van der Waals surface area contributed by atoms with Crippen molar-refractivity contribution in [3.05, 3.63) is 35.4 Å². The first kappa shape index (κ1) is 15.5. The van der Waals surface area contributed by atoms with Crippen LogP contribution < -0.4 is 5.73 Å². The van der Waals surface area contributed by atoms with Crippen LogP contribution in [0.1, 0.15) is 43.7 Å². The zero-order valence-electron chi connectivity index (χ0n) is 13.5. The number of amides is 1. The summed E-state index contributed by atoms with van der Waals surface area (Å²) in [5.74, 6) is 0.572. The molecule has 1 atom stereocenters. The number of likely N-dealkylation sites (tertiary alicyclic amines) is 1. The largest absolute Gasteiger partial charge is 0.392 e. The monoisotopic (exact) mass is 302 g/mol. The molecule has 4 nitrogen and oxygen atoms in total. The van der Waals surface area contributed by atoms with Crippen molar-refractivity contribution < 1.29 is 9.90 Å². The maximum absolute atomic E-state index is 12.2. The van der Waals surface area contributed by atoms with Crippen LogP contribution in [0.25, 0.3) is 0 Å². The highest BCUT2D eigenvalue weighted by molar-refractivity contribution is 5.89. The number of nitrogens with two attached hydrogens (primary N) is 1. The van der Waals surface area contributed by atoms with Crippen LogP contribution in [0.4, 0.5) is 0 Å². The van der Waals surface area contributed by atoms with Gasteiger partial charge in [-0.05, 0) is 35.8 Å². The minimum atomic E-state index is -0.593. The Kier molecular flexibility index (Phi) is 4.00. The Balaban J connectivity index is 1.79. The van der Waals surface area contributed by atoms with Crippen molar-refractivity contribution in [2.45, 2.75) is 44.1 Å². The lowest BCUT2D eigenvalue weighted by molar-refractivity contribution is -0.131. The molecular weight excluding hydrogens is 276 g/mol. The van der Waals surface area contributed by atoms with E-state index in [1.165, 1.54) is 5.56 Å². The van der Waals surface area contributed by atoms with Crippen LogP contribution in [0.5, 0.6) is 0 Å². The fraction of sp³-hybridized carbons (Fsp3) is 0.611. The third kappa shape index (κ3) is 2.66. The normalized spacial score (nSPS) is 22.4. The number of benzene rings is 1. The van der Waals surface area contributed by atoms with E-state index >= 15 is 0 Å². The second-order valence-electron chi connectivity index (χ2n) is 7.26. The number of hydrogen-bond donors (Lipinski definition) is 2. The summed E-state index contributed by atoms with van der Waals surface area (Å²) in [7, 11) is 0. The highest BCUT2D eigenvalue weighted by Gasteiger charge is 2.51. The summed E-state index contributed by atoms with van der Waals surface area (Å²) in [4.78, 5) is 14.3. The second-order valence-corrected chi connectivity index (χ2v) is 7.26. The maximum Gasteiger partial charge on any atom is 0.230 e. The van der Waals surface area contributed by atoms with E-state index in [0.717, 1.165) is 18.4 Å². The molecule has 0 radical (unpaired) electrons. The van der Waals surface area contributed by atoms with Gasteiger partial charge in [-0.2, -0.15) is 0 Å². The van der Waals surface area contributed by atoms with E-state index in [9.17, 15) is 9.90 Å². The van der Waals surface area contributed by atoms with Crippen molar-refractivity contribution in [2.75, 3.05) is 19.6 Å². The Hall–Kier alpha value is -1.39. The molecule has 1 amide bonds. The second kappa shape index (κ2) is 5.67. The summed E-state index contributed by atoms with van der Waals surface area (Å²) >= 11 is 0. The number of carbonyl (C=O) groups excluding carboxylic acids is 1. The molecule has 0 aromatic heterocycles. The van der Waals surface area contributed by atoms with Gasteiger partial charge in [-0.3, -0.25) is 9.69 Å². The molecular formula is C18H26N2O2. The zero-order valence-corrected chi connectivity index (χ0v) is 13.5. The van der Waals surface area contributed by atoms with Gasteiger partial charge < -0.3 is 10.8 Å². The standard InChI is InChI=1S/C18H26N2O2/c1-12(2)14-5-3-4-6-15(14)18(17(19)22)10-20(11-18)9-16(21)13-7-8-13/h3-6,12-13,16,21H,7-11H2,1-2H3,(H2,19,22). The van der Waals surface area contributed by atoms with Crippen LogP contribution in [0, 0.1) is 5.92 Å². The zero-order chi connectivity index (χ0) is 15.9. The molecule has 22 heavy (non-hydrogen) atoms. The van der Waals surface area contributed by atoms with E-state index in [0.29, 0.717) is 31.5 Å². The van der Waals surface area contributed by atoms with Gasteiger partial charge >= 0.3 is 0 Å². The lowest BCUT2D eigenvalue weighted by Gasteiger charge is -2.50. The number of rotatable bonds is 6. The van der Waals surface area contributed by atoms with Gasteiger partial charge in [0.25, 0.3) is 0 Å². The van der Waals surface area contributed by atoms with E-state index in [-0.39, 0.29) is 12.0 Å². The number of aliphatic hydroxyl groups excluding tert-OH is 1. The van der Waals surface area contributed by atoms with Crippen molar-refractivity contribution in [1.29, 1.82) is 0 Å². The van der Waals surface area contributed by atoms with Crippen LogP contribution in [0.3, 0.4) is 0 Å². The average Bonchev–Trinajstić information content (AvgIpc) is 3.26. The van der Waals surface area contributed by atoms with Gasteiger partial charge in [0.2, 0.25) is 5.91 Å². The van der Waals surface area contributed by atoms with E-state index in [1.54, 1.807) is 0 Å². The SMILES string of the molecule is CC(C)c1ccccc1C1(C(N)=O)CN(CC(O)C2CC2)C1. The van der Waals surface area contributed by atoms with Gasteiger partial charge in [0.05, 0.1) is 11.5 Å².